The van der Waals surface area contributed by atoms with Crippen molar-refractivity contribution in [2.24, 2.45) is 4.99 Å². The number of nitrogens with one attached hydrogen (secondary N) is 1. The maximum absolute atomic E-state index is 5.34. The molecule has 0 saturated carbocycles. The molecule has 3 heterocycles. The maximum Gasteiger partial charge on any atom is 0.208 e. The first-order valence-electron chi connectivity index (χ1n) is 17.6. The Labute approximate surface area is 295 Å². The molecule has 0 saturated heterocycles. The number of aromatic nitrogens is 1. The molecule has 0 bridgehead atoms. The number of thiophene rings is 1. The van der Waals surface area contributed by atoms with Crippen LogP contribution in [0.3, 0.4) is 0 Å². The van der Waals surface area contributed by atoms with Crippen molar-refractivity contribution in [3.8, 4) is 11.1 Å². The fourth-order valence-corrected chi connectivity index (χ4v) is 9.39. The first-order chi connectivity index (χ1) is 24.8. The summed E-state index contributed by atoms with van der Waals surface area (Å²) in [6, 6.07) is 51.1. The van der Waals surface area contributed by atoms with Gasteiger partial charge in [-0.25, -0.2) is 4.99 Å². The van der Waals surface area contributed by atoms with Gasteiger partial charge in [0.1, 0.15) is 0 Å². The van der Waals surface area contributed by atoms with E-state index in [2.05, 4.69) is 174 Å². The number of aliphatic imine (C=N–C) groups is 1. The number of hydrogen-bond acceptors (Lipinski definition) is 3. The minimum absolute atomic E-state index is 0.0738. The van der Waals surface area contributed by atoms with E-state index in [-0.39, 0.29) is 6.04 Å². The highest BCUT2D eigenvalue weighted by Gasteiger charge is 2.23. The number of benzene rings is 6. The monoisotopic (exact) mass is 661 g/mol. The molecular weight excluding hydrogens is 627 g/mol. The minimum atomic E-state index is -0.0738. The van der Waals surface area contributed by atoms with Crippen LogP contribution >= 0.6 is 11.3 Å². The van der Waals surface area contributed by atoms with Gasteiger partial charge in [0.2, 0.25) is 5.96 Å². The summed E-state index contributed by atoms with van der Waals surface area (Å²) in [4.78, 5) is 5.34. The van der Waals surface area contributed by atoms with E-state index in [0.29, 0.717) is 11.8 Å². The quantitative estimate of drug-likeness (QED) is 0.187. The number of hydrogen-bond donors (Lipinski definition) is 1. The molecule has 240 valence electrons. The van der Waals surface area contributed by atoms with Crippen molar-refractivity contribution >= 4 is 59.3 Å². The van der Waals surface area contributed by atoms with E-state index in [1.165, 1.54) is 58.8 Å². The predicted octanol–water partition coefficient (Wildman–Crippen LogP) is 12.1. The average Bonchev–Trinajstić information content (AvgIpc) is 3.74. The molecule has 6 aromatic carbocycles. The average molecular weight is 662 g/mol. The van der Waals surface area contributed by atoms with Crippen LogP contribution in [0.25, 0.3) is 53.1 Å². The number of fused-ring (bicyclic) bond motifs is 6. The number of para-hydroxylation sites is 1. The summed E-state index contributed by atoms with van der Waals surface area (Å²) >= 11 is 1.88. The van der Waals surface area contributed by atoms with Gasteiger partial charge in [-0.05, 0) is 70.9 Å². The van der Waals surface area contributed by atoms with Gasteiger partial charge in [0, 0.05) is 43.1 Å². The van der Waals surface area contributed by atoms with Crippen LogP contribution in [0.4, 0.5) is 0 Å². The normalized spacial score (nSPS) is 19.0. The Morgan fingerprint density at radius 1 is 0.620 bits per heavy atom. The molecule has 0 spiro atoms. The van der Waals surface area contributed by atoms with E-state index >= 15 is 0 Å². The lowest BCUT2D eigenvalue weighted by atomic mass is 9.79. The highest BCUT2D eigenvalue weighted by molar-refractivity contribution is 7.26. The fraction of sp³-hybridized carbons (Fsp3) is 0.109. The Morgan fingerprint density at radius 3 is 2.28 bits per heavy atom. The third kappa shape index (κ3) is 4.90. The lowest BCUT2D eigenvalue weighted by molar-refractivity contribution is 0.566. The predicted molar refractivity (Wildman–Crippen MR) is 212 cm³/mol. The van der Waals surface area contributed by atoms with Gasteiger partial charge in [-0.1, -0.05) is 133 Å². The van der Waals surface area contributed by atoms with Crippen LogP contribution in [0.2, 0.25) is 0 Å². The van der Waals surface area contributed by atoms with Gasteiger partial charge in [0.25, 0.3) is 0 Å². The molecular formula is C46H35N3S. The summed E-state index contributed by atoms with van der Waals surface area (Å²) in [5.41, 5.74) is 8.79. The van der Waals surface area contributed by atoms with Crippen LogP contribution in [0, 0.1) is 0 Å². The highest BCUT2D eigenvalue weighted by atomic mass is 32.1. The van der Waals surface area contributed by atoms with Gasteiger partial charge in [0.15, 0.2) is 0 Å². The SMILES string of the molecule is C1=CC(c2ccccc2)CC(c2ccc(C3C=CNC(n4c5ccccc5c5ccc(-c6cccc7c6sc6ccccc67)cc54)=N3)cc2)C1. The first-order valence-corrected chi connectivity index (χ1v) is 18.4. The third-order valence-electron chi connectivity index (χ3n) is 10.7. The Balaban J connectivity index is 1.01. The molecule has 3 atom stereocenters. The van der Waals surface area contributed by atoms with Crippen LogP contribution in [0.15, 0.2) is 169 Å². The standard InChI is InChI=1S/C46H35N3S/c1-2-10-30(11-3-1)33-12-8-13-34(28-33)31-20-22-32(23-21-31)41-26-27-47-46(48-41)49-42-18-6-4-14-37(42)38-25-24-35(29-43(38)49)36-16-9-17-40-39-15-5-7-19-44(39)50-45(36)40/h1-12,14-27,29,33-34,41H,13,28H2,(H,47,48). The zero-order chi connectivity index (χ0) is 33.0. The molecule has 0 amide bonds. The molecule has 1 aliphatic carbocycles. The van der Waals surface area contributed by atoms with Crippen molar-refractivity contribution in [2.45, 2.75) is 30.7 Å². The van der Waals surface area contributed by atoms with Gasteiger partial charge >= 0.3 is 0 Å². The zero-order valence-electron chi connectivity index (χ0n) is 27.5. The zero-order valence-corrected chi connectivity index (χ0v) is 28.4. The van der Waals surface area contributed by atoms with Crippen molar-refractivity contribution in [3.63, 3.8) is 0 Å². The largest absolute Gasteiger partial charge is 0.332 e. The van der Waals surface area contributed by atoms with Gasteiger partial charge < -0.3 is 5.32 Å². The molecule has 1 aliphatic heterocycles. The van der Waals surface area contributed by atoms with Crippen LogP contribution < -0.4 is 5.32 Å². The minimum Gasteiger partial charge on any atom is -0.332 e. The number of nitrogens with zero attached hydrogens (tertiary/aromatic N) is 2. The molecule has 4 heteroatoms. The van der Waals surface area contributed by atoms with Crippen molar-refractivity contribution < 1.29 is 0 Å². The number of allylic oxidation sites excluding steroid dienone is 2. The molecule has 2 aliphatic rings. The lowest BCUT2D eigenvalue weighted by Gasteiger charge is -2.26. The second kappa shape index (κ2) is 12.0. The molecule has 3 nitrogen and oxygen atoms in total. The molecule has 0 radical (unpaired) electrons. The Morgan fingerprint density at radius 2 is 1.38 bits per heavy atom. The molecule has 50 heavy (non-hydrogen) atoms. The second-order valence-electron chi connectivity index (χ2n) is 13.5. The molecule has 0 fully saturated rings. The first kappa shape index (κ1) is 29.2. The fourth-order valence-electron chi connectivity index (χ4n) is 8.15. The maximum atomic E-state index is 5.34. The molecule has 3 unspecified atom stereocenters. The van der Waals surface area contributed by atoms with E-state index in [4.69, 9.17) is 4.99 Å². The van der Waals surface area contributed by atoms with Crippen LogP contribution in [-0.4, -0.2) is 10.5 Å². The van der Waals surface area contributed by atoms with E-state index in [1.54, 1.807) is 0 Å². The van der Waals surface area contributed by atoms with Gasteiger partial charge in [-0.15, -0.1) is 11.3 Å². The summed E-state index contributed by atoms with van der Waals surface area (Å²) in [5, 5.41) is 8.61. The summed E-state index contributed by atoms with van der Waals surface area (Å²) in [7, 11) is 0. The van der Waals surface area contributed by atoms with Crippen molar-refractivity contribution in [1.82, 2.24) is 9.88 Å². The van der Waals surface area contributed by atoms with E-state index in [1.807, 2.05) is 11.3 Å². The van der Waals surface area contributed by atoms with Crippen LogP contribution in [-0.2, 0) is 0 Å². The van der Waals surface area contributed by atoms with Crippen LogP contribution in [0.1, 0.15) is 47.4 Å². The second-order valence-corrected chi connectivity index (χ2v) is 14.6. The van der Waals surface area contributed by atoms with Gasteiger partial charge in [0.05, 0.1) is 17.1 Å². The molecule has 8 aromatic rings. The summed E-state index contributed by atoms with van der Waals surface area (Å²) in [6.07, 6.45) is 11.2. The Kier molecular flexibility index (Phi) is 7.02. The van der Waals surface area contributed by atoms with Crippen molar-refractivity contribution in [1.29, 1.82) is 0 Å². The van der Waals surface area contributed by atoms with Crippen LogP contribution in [0.5, 0.6) is 0 Å². The summed E-state index contributed by atoms with van der Waals surface area (Å²) in [5.74, 6) is 1.83. The molecule has 10 rings (SSSR count). The molecule has 2 aromatic heterocycles. The molecule has 1 N–H and O–H groups in total. The topological polar surface area (TPSA) is 29.3 Å². The number of rotatable bonds is 4. The van der Waals surface area contributed by atoms with Gasteiger partial charge in [-0.2, -0.15) is 0 Å². The lowest BCUT2D eigenvalue weighted by Crippen LogP contribution is -2.29. The highest BCUT2D eigenvalue weighted by Crippen LogP contribution is 2.42. The third-order valence-corrected chi connectivity index (χ3v) is 11.9. The van der Waals surface area contributed by atoms with E-state index in [9.17, 15) is 0 Å². The summed E-state index contributed by atoms with van der Waals surface area (Å²) in [6.45, 7) is 0. The Hall–Kier alpha value is -5.71. The smallest absolute Gasteiger partial charge is 0.208 e. The Bertz CT molecular complexity index is 2640. The van der Waals surface area contributed by atoms with E-state index in [0.717, 1.165) is 29.8 Å². The van der Waals surface area contributed by atoms with E-state index < -0.39 is 0 Å². The summed E-state index contributed by atoms with van der Waals surface area (Å²) < 4.78 is 4.96. The van der Waals surface area contributed by atoms with Crippen molar-refractivity contribution in [3.05, 3.63) is 181 Å². The van der Waals surface area contributed by atoms with Crippen molar-refractivity contribution in [2.75, 3.05) is 0 Å². The van der Waals surface area contributed by atoms with Gasteiger partial charge in [-0.3, -0.25) is 4.57 Å².